The molecule has 3 heteroatoms. The molecular weight excluding hydrogens is 198 g/mol. The normalized spacial score (nSPS) is 14.1. The molecule has 14 heavy (non-hydrogen) atoms. The van der Waals surface area contributed by atoms with Crippen LogP contribution in [0.25, 0.3) is 0 Å². The first-order chi connectivity index (χ1) is 6.68. The highest BCUT2D eigenvalue weighted by Crippen LogP contribution is 2.13. The summed E-state index contributed by atoms with van der Waals surface area (Å²) in [5.41, 5.74) is 6.18. The summed E-state index contributed by atoms with van der Waals surface area (Å²) in [6.07, 6.45) is 2.85. The minimum Gasteiger partial charge on any atom is -0.328 e. The molecule has 2 N–H and O–H groups in total. The van der Waals surface area contributed by atoms with Gasteiger partial charge in [-0.25, -0.2) is 0 Å². The van der Waals surface area contributed by atoms with Crippen LogP contribution in [0.1, 0.15) is 18.4 Å². The Bertz CT molecular complexity index is 283. The summed E-state index contributed by atoms with van der Waals surface area (Å²) in [7, 11) is 0. The molecule has 0 heterocycles. The molecule has 2 rings (SSSR count). The van der Waals surface area contributed by atoms with Gasteiger partial charge >= 0.3 is 0 Å². The Morgan fingerprint density at radius 2 is 1.86 bits per heavy atom. The SMILES string of the molecule is NC1CC1.O=C(Cl)Cc1ccccc1. The van der Waals surface area contributed by atoms with Crippen LogP contribution in [0.4, 0.5) is 0 Å². The van der Waals surface area contributed by atoms with Gasteiger partial charge in [-0.2, -0.15) is 0 Å². The van der Waals surface area contributed by atoms with Crippen molar-refractivity contribution in [1.82, 2.24) is 0 Å². The number of halogens is 1. The van der Waals surface area contributed by atoms with Crippen molar-refractivity contribution >= 4 is 16.8 Å². The van der Waals surface area contributed by atoms with Crippen LogP contribution >= 0.6 is 11.6 Å². The number of nitrogens with two attached hydrogens (primary N) is 1. The maximum Gasteiger partial charge on any atom is 0.226 e. The average Bonchev–Trinajstić information content (AvgIpc) is 2.89. The van der Waals surface area contributed by atoms with Crippen LogP contribution in [-0.2, 0) is 11.2 Å². The molecular formula is C11H14ClNO. The number of rotatable bonds is 2. The van der Waals surface area contributed by atoms with Crippen LogP contribution < -0.4 is 5.73 Å². The smallest absolute Gasteiger partial charge is 0.226 e. The lowest BCUT2D eigenvalue weighted by Crippen LogP contribution is -1.94. The third kappa shape index (κ3) is 5.73. The van der Waals surface area contributed by atoms with Crippen molar-refractivity contribution in [2.45, 2.75) is 25.3 Å². The van der Waals surface area contributed by atoms with E-state index >= 15 is 0 Å². The summed E-state index contributed by atoms with van der Waals surface area (Å²) >= 11 is 5.17. The Morgan fingerprint density at radius 1 is 1.36 bits per heavy atom. The highest BCUT2D eigenvalue weighted by Gasteiger charge is 2.13. The first kappa shape index (κ1) is 11.2. The van der Waals surface area contributed by atoms with E-state index in [4.69, 9.17) is 17.3 Å². The average molecular weight is 212 g/mol. The summed E-state index contributed by atoms with van der Waals surface area (Å²) in [5.74, 6) is 0. The summed E-state index contributed by atoms with van der Waals surface area (Å²) < 4.78 is 0. The molecule has 0 atom stereocenters. The van der Waals surface area contributed by atoms with Gasteiger partial charge in [0, 0.05) is 12.5 Å². The molecule has 1 saturated carbocycles. The van der Waals surface area contributed by atoms with E-state index in [1.807, 2.05) is 30.3 Å². The first-order valence-corrected chi connectivity index (χ1v) is 5.04. The molecule has 2 nitrogen and oxygen atoms in total. The lowest BCUT2D eigenvalue weighted by Gasteiger charge is -1.92. The summed E-state index contributed by atoms with van der Waals surface area (Å²) in [6.45, 7) is 0. The molecule has 0 aromatic heterocycles. The van der Waals surface area contributed by atoms with Crippen molar-refractivity contribution in [2.24, 2.45) is 5.73 Å². The van der Waals surface area contributed by atoms with Gasteiger partial charge in [0.05, 0.1) is 0 Å². The minimum absolute atomic E-state index is 0.314. The van der Waals surface area contributed by atoms with Crippen LogP contribution in [0.3, 0.4) is 0 Å². The molecule has 0 aliphatic heterocycles. The number of carbonyl (C=O) groups excluding carboxylic acids is 1. The second kappa shape index (κ2) is 5.78. The van der Waals surface area contributed by atoms with Gasteiger partial charge in [-0.05, 0) is 30.0 Å². The molecule has 1 aromatic carbocycles. The standard InChI is InChI=1S/C8H7ClO.C3H7N/c9-8(10)6-7-4-2-1-3-5-7;4-3-1-2-3/h1-5H,6H2;3H,1-2,4H2. The fraction of sp³-hybridized carbons (Fsp3) is 0.364. The molecule has 0 amide bonds. The third-order valence-electron chi connectivity index (χ3n) is 1.81. The van der Waals surface area contributed by atoms with Crippen molar-refractivity contribution in [3.63, 3.8) is 0 Å². The van der Waals surface area contributed by atoms with E-state index < -0.39 is 0 Å². The number of carbonyl (C=O) groups is 1. The van der Waals surface area contributed by atoms with Gasteiger partial charge in [0.15, 0.2) is 0 Å². The topological polar surface area (TPSA) is 43.1 Å². The highest BCUT2D eigenvalue weighted by molar-refractivity contribution is 6.63. The predicted octanol–water partition coefficient (Wildman–Crippen LogP) is 2.10. The van der Waals surface area contributed by atoms with Crippen molar-refractivity contribution < 1.29 is 4.79 Å². The largest absolute Gasteiger partial charge is 0.328 e. The quantitative estimate of drug-likeness (QED) is 0.762. The van der Waals surface area contributed by atoms with Gasteiger partial charge in [0.25, 0.3) is 0 Å². The number of hydrogen-bond acceptors (Lipinski definition) is 2. The Kier molecular flexibility index (Phi) is 4.63. The van der Waals surface area contributed by atoms with Crippen molar-refractivity contribution in [1.29, 1.82) is 0 Å². The Hall–Kier alpha value is -0.860. The first-order valence-electron chi connectivity index (χ1n) is 4.66. The molecule has 1 aliphatic carbocycles. The maximum atomic E-state index is 10.4. The van der Waals surface area contributed by atoms with Crippen molar-refractivity contribution in [3.8, 4) is 0 Å². The third-order valence-corrected chi connectivity index (χ3v) is 1.94. The lowest BCUT2D eigenvalue weighted by atomic mass is 10.2. The summed E-state index contributed by atoms with van der Waals surface area (Å²) in [6, 6.07) is 10.0. The zero-order chi connectivity index (χ0) is 10.4. The summed E-state index contributed by atoms with van der Waals surface area (Å²) in [5, 5.41) is -0.314. The summed E-state index contributed by atoms with van der Waals surface area (Å²) in [4.78, 5) is 10.4. The van der Waals surface area contributed by atoms with E-state index in [0.717, 1.165) is 5.56 Å². The van der Waals surface area contributed by atoms with E-state index in [2.05, 4.69) is 0 Å². The van der Waals surface area contributed by atoms with Crippen LogP contribution in [0.2, 0.25) is 0 Å². The minimum atomic E-state index is -0.314. The predicted molar refractivity (Wildman–Crippen MR) is 58.2 cm³/mol. The van der Waals surface area contributed by atoms with Gasteiger partial charge in [-0.15, -0.1) is 0 Å². The van der Waals surface area contributed by atoms with Gasteiger partial charge in [-0.1, -0.05) is 30.3 Å². The lowest BCUT2D eigenvalue weighted by molar-refractivity contribution is -0.111. The fourth-order valence-electron chi connectivity index (χ4n) is 0.853. The molecule has 0 unspecified atom stereocenters. The van der Waals surface area contributed by atoms with E-state index in [1.165, 1.54) is 12.8 Å². The fourth-order valence-corrected chi connectivity index (χ4v) is 1.01. The van der Waals surface area contributed by atoms with Gasteiger partial charge in [0.2, 0.25) is 5.24 Å². The Balaban J connectivity index is 0.000000203. The monoisotopic (exact) mass is 211 g/mol. The maximum absolute atomic E-state index is 10.4. The Labute approximate surface area is 89.1 Å². The van der Waals surface area contributed by atoms with E-state index in [0.29, 0.717) is 12.5 Å². The zero-order valence-electron chi connectivity index (χ0n) is 7.95. The van der Waals surface area contributed by atoms with E-state index in [1.54, 1.807) is 0 Å². The van der Waals surface area contributed by atoms with Gasteiger partial charge in [0.1, 0.15) is 0 Å². The molecule has 0 radical (unpaired) electrons. The zero-order valence-corrected chi connectivity index (χ0v) is 8.70. The van der Waals surface area contributed by atoms with Crippen LogP contribution in [0.15, 0.2) is 30.3 Å². The van der Waals surface area contributed by atoms with Gasteiger partial charge < -0.3 is 5.73 Å². The van der Waals surface area contributed by atoms with Gasteiger partial charge in [-0.3, -0.25) is 4.79 Å². The molecule has 76 valence electrons. The van der Waals surface area contributed by atoms with E-state index in [9.17, 15) is 4.79 Å². The molecule has 1 aromatic rings. The highest BCUT2D eigenvalue weighted by atomic mass is 35.5. The van der Waals surface area contributed by atoms with Crippen molar-refractivity contribution in [2.75, 3.05) is 0 Å². The molecule has 0 spiro atoms. The Morgan fingerprint density at radius 3 is 2.21 bits per heavy atom. The molecule has 0 saturated heterocycles. The second-order valence-corrected chi connectivity index (χ2v) is 3.78. The molecule has 1 fully saturated rings. The van der Waals surface area contributed by atoms with Crippen LogP contribution in [0, 0.1) is 0 Å². The van der Waals surface area contributed by atoms with Crippen LogP contribution in [-0.4, -0.2) is 11.3 Å². The molecule has 0 bridgehead atoms. The number of hydrogen-bond donors (Lipinski definition) is 1. The number of benzene rings is 1. The van der Waals surface area contributed by atoms with Crippen LogP contribution in [0.5, 0.6) is 0 Å². The van der Waals surface area contributed by atoms with Crippen molar-refractivity contribution in [3.05, 3.63) is 35.9 Å². The second-order valence-electron chi connectivity index (χ2n) is 3.35. The molecule has 1 aliphatic rings. The van der Waals surface area contributed by atoms with E-state index in [-0.39, 0.29) is 5.24 Å².